The number of hydrogen-bond acceptors (Lipinski definition) is 5. The number of carbonyl (C=O) groups excluding carboxylic acids is 2. The van der Waals surface area contributed by atoms with Gasteiger partial charge >= 0.3 is 0 Å². The van der Waals surface area contributed by atoms with E-state index in [0.717, 1.165) is 0 Å². The molecular weight excluding hydrogens is 346 g/mol. The fourth-order valence-corrected chi connectivity index (χ4v) is 2.47. The van der Waals surface area contributed by atoms with Crippen LogP contribution in [0.4, 0.5) is 5.69 Å². The SMILES string of the molecule is CC(=O)c1cc2c(cc1NC(=O)C(C)Oc1ccc(Cl)cc1)OCO2. The maximum atomic E-state index is 12.4. The number of ether oxygens (including phenoxy) is 3. The van der Waals surface area contributed by atoms with Gasteiger partial charge in [0.25, 0.3) is 5.91 Å². The average molecular weight is 362 g/mol. The number of ketones is 1. The lowest BCUT2D eigenvalue weighted by molar-refractivity contribution is -0.122. The molecule has 7 heteroatoms. The Kier molecular flexibility index (Phi) is 4.81. The van der Waals surface area contributed by atoms with E-state index in [1.54, 1.807) is 43.3 Å². The van der Waals surface area contributed by atoms with Crippen LogP contribution in [0.1, 0.15) is 24.2 Å². The summed E-state index contributed by atoms with van der Waals surface area (Å²) in [7, 11) is 0. The average Bonchev–Trinajstić information content (AvgIpc) is 3.03. The number of hydrogen-bond donors (Lipinski definition) is 1. The largest absolute Gasteiger partial charge is 0.481 e. The van der Waals surface area contributed by atoms with Crippen LogP contribution < -0.4 is 19.5 Å². The van der Waals surface area contributed by atoms with E-state index in [9.17, 15) is 9.59 Å². The van der Waals surface area contributed by atoms with Crippen LogP contribution in [0.3, 0.4) is 0 Å². The number of rotatable bonds is 5. The van der Waals surface area contributed by atoms with Crippen molar-refractivity contribution in [2.45, 2.75) is 20.0 Å². The van der Waals surface area contributed by atoms with Gasteiger partial charge in [-0.05, 0) is 44.2 Å². The third-order valence-electron chi connectivity index (χ3n) is 3.65. The highest BCUT2D eigenvalue weighted by atomic mass is 35.5. The minimum atomic E-state index is -0.772. The number of benzene rings is 2. The minimum Gasteiger partial charge on any atom is -0.481 e. The lowest BCUT2D eigenvalue weighted by Crippen LogP contribution is -2.30. The Hall–Kier alpha value is -2.73. The maximum Gasteiger partial charge on any atom is 0.265 e. The summed E-state index contributed by atoms with van der Waals surface area (Å²) in [6, 6.07) is 9.83. The summed E-state index contributed by atoms with van der Waals surface area (Å²) in [4.78, 5) is 24.3. The summed E-state index contributed by atoms with van der Waals surface area (Å²) in [6.45, 7) is 3.12. The number of fused-ring (bicyclic) bond motifs is 1. The fraction of sp³-hybridized carbons (Fsp3) is 0.222. The molecule has 1 aliphatic heterocycles. The number of anilines is 1. The zero-order valence-corrected chi connectivity index (χ0v) is 14.4. The highest BCUT2D eigenvalue weighted by Gasteiger charge is 2.22. The molecule has 1 unspecified atom stereocenters. The summed E-state index contributed by atoms with van der Waals surface area (Å²) < 4.78 is 16.1. The first-order valence-corrected chi connectivity index (χ1v) is 7.99. The third kappa shape index (κ3) is 3.85. The number of amides is 1. The minimum absolute atomic E-state index is 0.0835. The smallest absolute Gasteiger partial charge is 0.265 e. The zero-order chi connectivity index (χ0) is 18.0. The van der Waals surface area contributed by atoms with Gasteiger partial charge in [-0.25, -0.2) is 0 Å². The van der Waals surface area contributed by atoms with E-state index in [4.69, 9.17) is 25.8 Å². The maximum absolute atomic E-state index is 12.4. The Labute approximate surface area is 149 Å². The molecule has 6 nitrogen and oxygen atoms in total. The topological polar surface area (TPSA) is 73.9 Å². The summed E-state index contributed by atoms with van der Waals surface area (Å²) in [6.07, 6.45) is -0.772. The lowest BCUT2D eigenvalue weighted by atomic mass is 10.1. The van der Waals surface area contributed by atoms with Gasteiger partial charge in [0, 0.05) is 16.7 Å². The van der Waals surface area contributed by atoms with Crippen molar-refractivity contribution in [3.63, 3.8) is 0 Å². The zero-order valence-electron chi connectivity index (χ0n) is 13.7. The molecule has 1 heterocycles. The second-order valence-corrected chi connectivity index (χ2v) is 5.95. The summed E-state index contributed by atoms with van der Waals surface area (Å²) in [5.41, 5.74) is 0.699. The van der Waals surface area contributed by atoms with Crippen LogP contribution in [0.5, 0.6) is 17.2 Å². The summed E-state index contributed by atoms with van der Waals surface area (Å²) in [5, 5.41) is 3.29. The van der Waals surface area contributed by atoms with Crippen LogP contribution in [0, 0.1) is 0 Å². The first kappa shape index (κ1) is 17.1. The van der Waals surface area contributed by atoms with Gasteiger partial charge in [-0.2, -0.15) is 0 Å². The molecule has 0 aromatic heterocycles. The molecule has 0 radical (unpaired) electrons. The predicted octanol–water partition coefficient (Wildman–Crippen LogP) is 3.68. The quantitative estimate of drug-likeness (QED) is 0.822. The number of carbonyl (C=O) groups is 2. The number of halogens is 1. The van der Waals surface area contributed by atoms with Crippen molar-refractivity contribution < 1.29 is 23.8 Å². The summed E-state index contributed by atoms with van der Waals surface area (Å²) in [5.74, 6) is 0.890. The third-order valence-corrected chi connectivity index (χ3v) is 3.90. The molecule has 1 aliphatic rings. The molecular formula is C18H16ClNO5. The molecule has 3 rings (SSSR count). The second kappa shape index (κ2) is 7.03. The van der Waals surface area contributed by atoms with E-state index in [1.807, 2.05) is 0 Å². The van der Waals surface area contributed by atoms with Gasteiger partial charge in [0.05, 0.1) is 5.69 Å². The van der Waals surface area contributed by atoms with Gasteiger partial charge in [-0.3, -0.25) is 9.59 Å². The first-order valence-electron chi connectivity index (χ1n) is 7.61. The van der Waals surface area contributed by atoms with Crippen LogP contribution in [-0.2, 0) is 4.79 Å². The van der Waals surface area contributed by atoms with E-state index in [-0.39, 0.29) is 12.6 Å². The first-order chi connectivity index (χ1) is 11.9. The van der Waals surface area contributed by atoms with E-state index in [0.29, 0.717) is 33.5 Å². The van der Waals surface area contributed by atoms with Crippen molar-refractivity contribution in [3.05, 3.63) is 47.0 Å². The van der Waals surface area contributed by atoms with Gasteiger partial charge in [0.2, 0.25) is 6.79 Å². The molecule has 0 bridgehead atoms. The highest BCUT2D eigenvalue weighted by molar-refractivity contribution is 6.30. The normalized spacial score (nSPS) is 13.2. The molecule has 1 atom stereocenters. The molecule has 25 heavy (non-hydrogen) atoms. The number of Topliss-reactive ketones (excluding diaryl/α,β-unsaturated/α-hetero) is 1. The second-order valence-electron chi connectivity index (χ2n) is 5.51. The van der Waals surface area contributed by atoms with E-state index in [2.05, 4.69) is 5.32 Å². The van der Waals surface area contributed by atoms with Crippen molar-refractivity contribution in [1.82, 2.24) is 0 Å². The molecule has 1 N–H and O–H groups in total. The lowest BCUT2D eigenvalue weighted by Gasteiger charge is -2.16. The van der Waals surface area contributed by atoms with Crippen molar-refractivity contribution in [2.24, 2.45) is 0 Å². The van der Waals surface area contributed by atoms with Gasteiger partial charge in [-0.1, -0.05) is 11.6 Å². The van der Waals surface area contributed by atoms with Crippen LogP contribution in [0.25, 0.3) is 0 Å². The van der Waals surface area contributed by atoms with Gasteiger partial charge in [0.1, 0.15) is 5.75 Å². The van der Waals surface area contributed by atoms with Crippen LogP contribution >= 0.6 is 11.6 Å². The molecule has 1 amide bonds. The van der Waals surface area contributed by atoms with E-state index < -0.39 is 12.0 Å². The van der Waals surface area contributed by atoms with Crippen LogP contribution in [-0.4, -0.2) is 24.6 Å². The Bertz CT molecular complexity index is 819. The van der Waals surface area contributed by atoms with Gasteiger partial charge in [-0.15, -0.1) is 0 Å². The standard InChI is InChI=1S/C18H16ClNO5/c1-10(21)14-7-16-17(24-9-23-16)8-15(14)20-18(22)11(2)25-13-5-3-12(19)4-6-13/h3-8,11H,9H2,1-2H3,(H,20,22). The fourth-order valence-electron chi connectivity index (χ4n) is 2.34. The Balaban J connectivity index is 1.75. The highest BCUT2D eigenvalue weighted by Crippen LogP contribution is 2.37. The van der Waals surface area contributed by atoms with E-state index in [1.165, 1.54) is 6.92 Å². The molecule has 2 aromatic rings. The van der Waals surface area contributed by atoms with Gasteiger partial charge in [0.15, 0.2) is 23.4 Å². The van der Waals surface area contributed by atoms with Crippen molar-refractivity contribution in [1.29, 1.82) is 0 Å². The van der Waals surface area contributed by atoms with Gasteiger partial charge < -0.3 is 19.5 Å². The Morgan fingerprint density at radius 2 is 1.80 bits per heavy atom. The number of nitrogens with one attached hydrogen (secondary N) is 1. The Morgan fingerprint density at radius 1 is 1.16 bits per heavy atom. The monoisotopic (exact) mass is 361 g/mol. The summed E-state index contributed by atoms with van der Waals surface area (Å²) >= 11 is 5.82. The van der Waals surface area contributed by atoms with Crippen molar-refractivity contribution >= 4 is 29.0 Å². The van der Waals surface area contributed by atoms with Crippen molar-refractivity contribution in [2.75, 3.05) is 12.1 Å². The molecule has 0 spiro atoms. The molecule has 0 saturated heterocycles. The molecule has 2 aromatic carbocycles. The van der Waals surface area contributed by atoms with Crippen LogP contribution in [0.2, 0.25) is 5.02 Å². The van der Waals surface area contributed by atoms with Crippen molar-refractivity contribution in [3.8, 4) is 17.2 Å². The van der Waals surface area contributed by atoms with E-state index >= 15 is 0 Å². The molecule has 0 fully saturated rings. The Morgan fingerprint density at radius 3 is 2.44 bits per heavy atom. The molecule has 0 aliphatic carbocycles. The predicted molar refractivity (Wildman–Crippen MR) is 92.7 cm³/mol. The molecule has 130 valence electrons. The van der Waals surface area contributed by atoms with Crippen LogP contribution in [0.15, 0.2) is 36.4 Å². The molecule has 0 saturated carbocycles.